The van der Waals surface area contributed by atoms with Gasteiger partial charge in [-0.25, -0.2) is 0 Å². The monoisotopic (exact) mass is 496 g/mol. The Morgan fingerprint density at radius 1 is 1.11 bits per heavy atom. The molecule has 2 fully saturated rings. The Hall–Kier alpha value is -3.34. The Morgan fingerprint density at radius 3 is 2.47 bits per heavy atom. The van der Waals surface area contributed by atoms with Gasteiger partial charge in [0.2, 0.25) is 0 Å². The molecule has 192 valence electrons. The van der Waals surface area contributed by atoms with Crippen LogP contribution in [0.1, 0.15) is 32.7 Å². The van der Waals surface area contributed by atoms with E-state index in [9.17, 15) is 19.7 Å². The second kappa shape index (κ2) is 11.6. The first-order chi connectivity index (χ1) is 17.4. The van der Waals surface area contributed by atoms with Crippen LogP contribution in [0.3, 0.4) is 0 Å². The number of rotatable bonds is 9. The van der Waals surface area contributed by atoms with E-state index in [1.165, 1.54) is 6.07 Å². The molecule has 2 aliphatic rings. The van der Waals surface area contributed by atoms with E-state index in [0.717, 1.165) is 26.1 Å². The Balaban J connectivity index is 1.54. The maximum atomic E-state index is 13.4. The molecule has 10 nitrogen and oxygen atoms in total. The Morgan fingerprint density at radius 2 is 1.83 bits per heavy atom. The highest BCUT2D eigenvalue weighted by Crippen LogP contribution is 2.29. The van der Waals surface area contributed by atoms with Crippen molar-refractivity contribution in [2.75, 3.05) is 65.1 Å². The van der Waals surface area contributed by atoms with Crippen LogP contribution in [0.4, 0.5) is 11.4 Å². The number of hydrogen-bond acceptors (Lipinski definition) is 8. The quantitative estimate of drug-likeness (QED) is 0.320. The fourth-order valence-electron chi connectivity index (χ4n) is 4.88. The molecule has 2 aromatic carbocycles. The molecule has 1 amide bonds. The van der Waals surface area contributed by atoms with Gasteiger partial charge in [-0.3, -0.25) is 24.6 Å². The standard InChI is InChI=1S/C26H32N4O6/c1-28(2)22-8-7-18(15-23(22)30(33)34)25(31)20-5-3-4-6-21(20)26(32)27-16-24(19-9-12-36-17-19)29-10-13-35-14-11-29/h3-8,15,19,24H,9-14,16-17H2,1-2H3,(H,27,32). The summed E-state index contributed by atoms with van der Waals surface area (Å²) in [4.78, 5) is 41.7. The number of nitrogens with zero attached hydrogens (tertiary/aromatic N) is 3. The summed E-state index contributed by atoms with van der Waals surface area (Å²) in [6.45, 7) is 4.73. The first kappa shape index (κ1) is 25.7. The van der Waals surface area contributed by atoms with Crippen molar-refractivity contribution in [3.63, 3.8) is 0 Å². The van der Waals surface area contributed by atoms with Crippen molar-refractivity contribution in [2.45, 2.75) is 12.5 Å². The van der Waals surface area contributed by atoms with Gasteiger partial charge in [0.1, 0.15) is 5.69 Å². The Labute approximate surface area is 210 Å². The maximum absolute atomic E-state index is 13.4. The zero-order valence-electron chi connectivity index (χ0n) is 20.6. The predicted octanol–water partition coefficient (Wildman–Crippen LogP) is 2.36. The number of nitro groups is 1. The smallest absolute Gasteiger partial charge is 0.293 e. The van der Waals surface area contributed by atoms with Crippen LogP contribution in [0.25, 0.3) is 0 Å². The number of hydrogen-bond donors (Lipinski definition) is 1. The Bertz CT molecular complexity index is 1110. The van der Waals surface area contributed by atoms with Crippen LogP contribution in [0, 0.1) is 16.0 Å². The first-order valence-corrected chi connectivity index (χ1v) is 12.1. The molecule has 2 atom stereocenters. The molecule has 4 rings (SSSR count). The number of amides is 1. The van der Waals surface area contributed by atoms with E-state index in [2.05, 4.69) is 10.2 Å². The number of benzene rings is 2. The number of ketones is 1. The van der Waals surface area contributed by atoms with Gasteiger partial charge in [0, 0.05) is 69.5 Å². The van der Waals surface area contributed by atoms with Crippen LogP contribution in [0.2, 0.25) is 0 Å². The second-order valence-electron chi connectivity index (χ2n) is 9.28. The van der Waals surface area contributed by atoms with Gasteiger partial charge in [-0.05, 0) is 24.6 Å². The summed E-state index contributed by atoms with van der Waals surface area (Å²) in [6, 6.07) is 11.0. The molecule has 0 aromatic heterocycles. The minimum Gasteiger partial charge on any atom is -0.381 e. The summed E-state index contributed by atoms with van der Waals surface area (Å²) >= 11 is 0. The van der Waals surface area contributed by atoms with E-state index in [-0.39, 0.29) is 34.3 Å². The molecule has 1 N–H and O–H groups in total. The maximum Gasteiger partial charge on any atom is 0.293 e. The van der Waals surface area contributed by atoms with E-state index >= 15 is 0 Å². The minimum atomic E-state index is -0.511. The molecule has 2 heterocycles. The van der Waals surface area contributed by atoms with E-state index in [4.69, 9.17) is 9.47 Å². The molecule has 2 aliphatic heterocycles. The highest BCUT2D eigenvalue weighted by molar-refractivity contribution is 6.15. The Kier molecular flexibility index (Phi) is 8.29. The van der Waals surface area contributed by atoms with Gasteiger partial charge in [0.25, 0.3) is 11.6 Å². The molecule has 2 aromatic rings. The summed E-state index contributed by atoms with van der Waals surface area (Å²) < 4.78 is 11.1. The van der Waals surface area contributed by atoms with Crippen molar-refractivity contribution in [3.8, 4) is 0 Å². The molecule has 0 bridgehead atoms. The summed E-state index contributed by atoms with van der Waals surface area (Å²) in [6.07, 6.45) is 0.939. The summed E-state index contributed by atoms with van der Waals surface area (Å²) in [5.41, 5.74) is 0.827. The number of carbonyl (C=O) groups excluding carboxylic acids is 2. The molecule has 0 saturated carbocycles. The van der Waals surface area contributed by atoms with E-state index in [0.29, 0.717) is 38.0 Å². The van der Waals surface area contributed by atoms with Gasteiger partial charge in [0.15, 0.2) is 5.78 Å². The van der Waals surface area contributed by atoms with Crippen LogP contribution >= 0.6 is 0 Å². The lowest BCUT2D eigenvalue weighted by Crippen LogP contribution is -2.52. The third-order valence-corrected chi connectivity index (χ3v) is 6.83. The predicted molar refractivity (Wildman–Crippen MR) is 135 cm³/mol. The van der Waals surface area contributed by atoms with Crippen LogP contribution in [0.15, 0.2) is 42.5 Å². The average molecular weight is 497 g/mol. The summed E-state index contributed by atoms with van der Waals surface area (Å²) in [5, 5.41) is 14.6. The minimum absolute atomic E-state index is 0.115. The van der Waals surface area contributed by atoms with Gasteiger partial charge < -0.3 is 19.7 Å². The summed E-state index contributed by atoms with van der Waals surface area (Å²) in [7, 11) is 3.40. The van der Waals surface area contributed by atoms with Gasteiger partial charge in [-0.15, -0.1) is 0 Å². The van der Waals surface area contributed by atoms with Crippen LogP contribution < -0.4 is 10.2 Å². The van der Waals surface area contributed by atoms with Crippen molar-refractivity contribution in [2.24, 2.45) is 5.92 Å². The van der Waals surface area contributed by atoms with Gasteiger partial charge in [-0.1, -0.05) is 18.2 Å². The number of ether oxygens (including phenoxy) is 2. The van der Waals surface area contributed by atoms with Crippen molar-refractivity contribution >= 4 is 23.1 Å². The molecule has 2 unspecified atom stereocenters. The number of morpholine rings is 1. The zero-order valence-corrected chi connectivity index (χ0v) is 20.6. The largest absolute Gasteiger partial charge is 0.381 e. The van der Waals surface area contributed by atoms with Crippen LogP contribution in [0.5, 0.6) is 0 Å². The normalized spacial score (nSPS) is 19.0. The molecule has 0 spiro atoms. The second-order valence-corrected chi connectivity index (χ2v) is 9.28. The molecule has 36 heavy (non-hydrogen) atoms. The molecule has 2 saturated heterocycles. The molecule has 0 aliphatic carbocycles. The topological polar surface area (TPSA) is 114 Å². The molecule has 10 heteroatoms. The SMILES string of the molecule is CN(C)c1ccc(C(=O)c2ccccc2C(=O)NCC(C2CCOC2)N2CCOCC2)cc1[N+](=O)[O-]. The fraction of sp³-hybridized carbons (Fsp3) is 0.462. The number of carbonyl (C=O) groups is 2. The average Bonchev–Trinajstić information content (AvgIpc) is 3.43. The van der Waals surface area contributed by atoms with E-state index < -0.39 is 10.7 Å². The van der Waals surface area contributed by atoms with E-state index in [1.54, 1.807) is 55.4 Å². The van der Waals surface area contributed by atoms with Crippen molar-refractivity contribution in [3.05, 3.63) is 69.3 Å². The number of nitrogens with one attached hydrogen (secondary N) is 1. The van der Waals surface area contributed by atoms with Gasteiger partial charge in [-0.2, -0.15) is 0 Å². The molecular formula is C26H32N4O6. The lowest BCUT2D eigenvalue weighted by molar-refractivity contribution is -0.384. The molecule has 0 radical (unpaired) electrons. The summed E-state index contributed by atoms with van der Waals surface area (Å²) in [5.74, 6) is -0.477. The first-order valence-electron chi connectivity index (χ1n) is 12.1. The third-order valence-electron chi connectivity index (χ3n) is 6.83. The van der Waals surface area contributed by atoms with Crippen LogP contribution in [-0.2, 0) is 9.47 Å². The molecular weight excluding hydrogens is 464 g/mol. The zero-order chi connectivity index (χ0) is 25.7. The number of anilines is 1. The number of nitro benzene ring substituents is 1. The lowest BCUT2D eigenvalue weighted by Gasteiger charge is -2.37. The highest BCUT2D eigenvalue weighted by Gasteiger charge is 2.32. The van der Waals surface area contributed by atoms with E-state index in [1.807, 2.05) is 0 Å². The van der Waals surface area contributed by atoms with Crippen molar-refractivity contribution in [1.29, 1.82) is 0 Å². The highest BCUT2D eigenvalue weighted by atomic mass is 16.6. The lowest BCUT2D eigenvalue weighted by atomic mass is 9.95. The van der Waals surface area contributed by atoms with Crippen molar-refractivity contribution in [1.82, 2.24) is 10.2 Å². The van der Waals surface area contributed by atoms with Crippen LogP contribution in [-0.4, -0.2) is 87.7 Å². The van der Waals surface area contributed by atoms with Gasteiger partial charge >= 0.3 is 0 Å². The van der Waals surface area contributed by atoms with Crippen molar-refractivity contribution < 1.29 is 24.0 Å². The van der Waals surface area contributed by atoms with Gasteiger partial charge in [0.05, 0.1) is 30.3 Å². The fourth-order valence-corrected chi connectivity index (χ4v) is 4.88. The third kappa shape index (κ3) is 5.72.